The molecule has 0 unspecified atom stereocenters. The van der Waals surface area contributed by atoms with E-state index in [1.54, 1.807) is 12.1 Å². The molecular weight excluding hydrogens is 359 g/mol. The van der Waals surface area contributed by atoms with Crippen molar-refractivity contribution in [1.29, 1.82) is 0 Å². The minimum atomic E-state index is -0.448. The molecule has 1 aliphatic heterocycles. The number of carbonyl (C=O) groups is 1. The molecule has 4 rings (SSSR count). The largest absolute Gasteiger partial charge is 0.454 e. The van der Waals surface area contributed by atoms with E-state index >= 15 is 0 Å². The monoisotopic (exact) mass is 379 g/mol. The molecule has 1 atom stereocenters. The quantitative estimate of drug-likeness (QED) is 0.692. The van der Waals surface area contributed by atoms with Gasteiger partial charge in [0.15, 0.2) is 17.5 Å². The Hall–Kier alpha value is -3.38. The highest BCUT2D eigenvalue weighted by Crippen LogP contribution is 2.32. The van der Waals surface area contributed by atoms with E-state index in [1.807, 2.05) is 53.8 Å². The first-order chi connectivity index (χ1) is 13.7. The standard InChI is InChI=1S/C22H19FN2O3/c23-17-7-9-18(10-8-17)25-22(26)21(16-4-2-1-3-5-16)24-13-15-6-11-19-20(12-15)28-14-27-19/h1-12,21,24H,13-14H2,(H,25,26)/p+1/t21-/m1/s1. The number of rotatable bonds is 6. The van der Waals surface area contributed by atoms with Crippen molar-refractivity contribution < 1.29 is 24.0 Å². The number of amides is 1. The van der Waals surface area contributed by atoms with Crippen LogP contribution in [0.3, 0.4) is 0 Å². The Morgan fingerprint density at radius 3 is 2.54 bits per heavy atom. The summed E-state index contributed by atoms with van der Waals surface area (Å²) in [5.41, 5.74) is 2.48. The van der Waals surface area contributed by atoms with Crippen LogP contribution < -0.4 is 20.1 Å². The molecule has 1 heterocycles. The summed E-state index contributed by atoms with van der Waals surface area (Å²) in [7, 11) is 0. The number of hydrogen-bond acceptors (Lipinski definition) is 3. The van der Waals surface area contributed by atoms with Crippen molar-refractivity contribution in [3.05, 3.63) is 89.7 Å². The summed E-state index contributed by atoms with van der Waals surface area (Å²) in [5, 5.41) is 4.83. The van der Waals surface area contributed by atoms with E-state index in [2.05, 4.69) is 5.32 Å². The molecule has 6 heteroatoms. The number of nitrogens with one attached hydrogen (secondary N) is 1. The van der Waals surface area contributed by atoms with Crippen molar-refractivity contribution in [2.24, 2.45) is 0 Å². The fourth-order valence-corrected chi connectivity index (χ4v) is 3.13. The third kappa shape index (κ3) is 4.13. The number of benzene rings is 3. The Labute approximate surface area is 162 Å². The number of carbonyl (C=O) groups excluding carboxylic acids is 1. The third-order valence-electron chi connectivity index (χ3n) is 4.58. The van der Waals surface area contributed by atoms with Crippen molar-refractivity contribution in [1.82, 2.24) is 0 Å². The molecule has 1 amide bonds. The van der Waals surface area contributed by atoms with E-state index in [0.717, 1.165) is 22.6 Å². The molecule has 0 radical (unpaired) electrons. The maximum absolute atomic E-state index is 13.1. The van der Waals surface area contributed by atoms with Crippen LogP contribution in [0.1, 0.15) is 17.2 Å². The van der Waals surface area contributed by atoms with Crippen LogP contribution in [0.15, 0.2) is 72.8 Å². The van der Waals surface area contributed by atoms with Crippen LogP contribution in [0.2, 0.25) is 0 Å². The van der Waals surface area contributed by atoms with Gasteiger partial charge in [-0.3, -0.25) is 4.79 Å². The number of anilines is 1. The number of quaternary nitrogens is 1. The number of halogens is 1. The van der Waals surface area contributed by atoms with E-state index in [-0.39, 0.29) is 18.5 Å². The molecular formula is C22H20FN2O3+. The Morgan fingerprint density at radius 2 is 1.75 bits per heavy atom. The smallest absolute Gasteiger partial charge is 0.287 e. The number of fused-ring (bicyclic) bond motifs is 1. The summed E-state index contributed by atoms with van der Waals surface area (Å²) in [5.74, 6) is 0.945. The second-order valence-electron chi connectivity index (χ2n) is 6.51. The van der Waals surface area contributed by atoms with Crippen LogP contribution in [0, 0.1) is 5.82 Å². The highest BCUT2D eigenvalue weighted by Gasteiger charge is 2.24. The van der Waals surface area contributed by atoms with Crippen LogP contribution in [0.5, 0.6) is 11.5 Å². The summed E-state index contributed by atoms with van der Waals surface area (Å²) in [4.78, 5) is 12.9. The normalized spacial score (nSPS) is 13.2. The minimum Gasteiger partial charge on any atom is -0.454 e. The van der Waals surface area contributed by atoms with Crippen molar-refractivity contribution in [3.8, 4) is 11.5 Å². The van der Waals surface area contributed by atoms with E-state index in [9.17, 15) is 9.18 Å². The van der Waals surface area contributed by atoms with Gasteiger partial charge in [0.25, 0.3) is 5.91 Å². The fraction of sp³-hybridized carbons (Fsp3) is 0.136. The number of ether oxygens (including phenoxy) is 2. The Kier molecular flexibility index (Phi) is 5.21. The predicted octanol–water partition coefficient (Wildman–Crippen LogP) is 3.00. The van der Waals surface area contributed by atoms with Gasteiger partial charge in [-0.2, -0.15) is 0 Å². The van der Waals surface area contributed by atoms with E-state index in [0.29, 0.717) is 12.2 Å². The van der Waals surface area contributed by atoms with Gasteiger partial charge in [0.05, 0.1) is 0 Å². The van der Waals surface area contributed by atoms with Crippen LogP contribution >= 0.6 is 0 Å². The molecule has 0 saturated carbocycles. The van der Waals surface area contributed by atoms with Crippen molar-refractivity contribution >= 4 is 11.6 Å². The molecule has 0 bridgehead atoms. The average molecular weight is 379 g/mol. The lowest BCUT2D eigenvalue weighted by atomic mass is 10.1. The predicted molar refractivity (Wildman–Crippen MR) is 102 cm³/mol. The summed E-state index contributed by atoms with van der Waals surface area (Å²) in [6.07, 6.45) is 0. The summed E-state index contributed by atoms with van der Waals surface area (Å²) in [6, 6.07) is 20.6. The van der Waals surface area contributed by atoms with Crippen molar-refractivity contribution in [2.45, 2.75) is 12.6 Å². The maximum Gasteiger partial charge on any atom is 0.287 e. The fourth-order valence-electron chi connectivity index (χ4n) is 3.13. The van der Waals surface area contributed by atoms with Gasteiger partial charge in [0, 0.05) is 16.8 Å². The zero-order valence-electron chi connectivity index (χ0n) is 15.1. The molecule has 28 heavy (non-hydrogen) atoms. The van der Waals surface area contributed by atoms with E-state index in [1.165, 1.54) is 12.1 Å². The zero-order chi connectivity index (χ0) is 19.3. The lowest BCUT2D eigenvalue weighted by Gasteiger charge is -2.16. The maximum atomic E-state index is 13.1. The van der Waals surface area contributed by atoms with Gasteiger partial charge in [-0.15, -0.1) is 0 Å². The van der Waals surface area contributed by atoms with Crippen molar-refractivity contribution in [2.75, 3.05) is 12.1 Å². The van der Waals surface area contributed by atoms with E-state index < -0.39 is 6.04 Å². The van der Waals surface area contributed by atoms with Crippen LogP contribution in [-0.4, -0.2) is 12.7 Å². The SMILES string of the molecule is O=C(Nc1ccc(F)cc1)[C@H]([NH2+]Cc1ccc2c(c1)OCO2)c1ccccc1. The van der Waals surface area contributed by atoms with Crippen LogP contribution in [0.4, 0.5) is 10.1 Å². The number of nitrogens with two attached hydrogens (primary N) is 1. The molecule has 0 saturated heterocycles. The Balaban J connectivity index is 1.50. The summed E-state index contributed by atoms with van der Waals surface area (Å²) < 4.78 is 23.9. The third-order valence-corrected chi connectivity index (χ3v) is 4.58. The molecule has 142 valence electrons. The molecule has 0 aromatic heterocycles. The highest BCUT2D eigenvalue weighted by molar-refractivity contribution is 5.94. The minimum absolute atomic E-state index is 0.168. The highest BCUT2D eigenvalue weighted by atomic mass is 19.1. The molecule has 3 aromatic rings. The molecule has 5 nitrogen and oxygen atoms in total. The van der Waals surface area contributed by atoms with Gasteiger partial charge < -0.3 is 20.1 Å². The van der Waals surface area contributed by atoms with Gasteiger partial charge in [-0.25, -0.2) is 4.39 Å². The van der Waals surface area contributed by atoms with Crippen LogP contribution in [-0.2, 0) is 11.3 Å². The molecule has 1 aliphatic rings. The first-order valence-corrected chi connectivity index (χ1v) is 9.02. The summed E-state index contributed by atoms with van der Waals surface area (Å²) >= 11 is 0. The van der Waals surface area contributed by atoms with Gasteiger partial charge in [-0.05, 0) is 42.5 Å². The Morgan fingerprint density at radius 1 is 1.00 bits per heavy atom. The van der Waals surface area contributed by atoms with E-state index in [4.69, 9.17) is 9.47 Å². The van der Waals surface area contributed by atoms with Crippen molar-refractivity contribution in [3.63, 3.8) is 0 Å². The molecule has 0 aliphatic carbocycles. The molecule has 0 spiro atoms. The lowest BCUT2D eigenvalue weighted by molar-refractivity contribution is -0.697. The second kappa shape index (κ2) is 8.10. The second-order valence-corrected chi connectivity index (χ2v) is 6.51. The van der Waals surface area contributed by atoms with Gasteiger partial charge in [0.1, 0.15) is 12.4 Å². The first kappa shape index (κ1) is 18.0. The number of hydrogen-bond donors (Lipinski definition) is 2. The molecule has 3 N–H and O–H groups in total. The topological polar surface area (TPSA) is 64.2 Å². The average Bonchev–Trinajstić information content (AvgIpc) is 3.19. The van der Waals surface area contributed by atoms with Gasteiger partial charge >= 0.3 is 0 Å². The molecule has 0 fully saturated rings. The summed E-state index contributed by atoms with van der Waals surface area (Å²) in [6.45, 7) is 0.822. The van der Waals surface area contributed by atoms with Gasteiger partial charge in [-0.1, -0.05) is 30.3 Å². The van der Waals surface area contributed by atoms with Gasteiger partial charge in [0.2, 0.25) is 6.79 Å². The first-order valence-electron chi connectivity index (χ1n) is 9.02. The zero-order valence-corrected chi connectivity index (χ0v) is 15.1. The lowest BCUT2D eigenvalue weighted by Crippen LogP contribution is -2.85. The Bertz CT molecular complexity index is 961. The molecule has 3 aromatic carbocycles. The van der Waals surface area contributed by atoms with Crippen LogP contribution in [0.25, 0.3) is 0 Å².